The van der Waals surface area contributed by atoms with Crippen LogP contribution in [-0.4, -0.2) is 21.1 Å². The minimum absolute atomic E-state index is 0.101. The summed E-state index contributed by atoms with van der Waals surface area (Å²) in [5.74, 6) is 0.956. The zero-order valence-electron chi connectivity index (χ0n) is 11.4. The molecule has 18 heavy (non-hydrogen) atoms. The van der Waals surface area contributed by atoms with Crippen LogP contribution in [0.25, 0.3) is 0 Å². The maximum atomic E-state index is 12.3. The van der Waals surface area contributed by atoms with Crippen molar-refractivity contribution >= 4 is 5.91 Å². The number of nitrogens with one attached hydrogen (secondary N) is 2. The fourth-order valence-electron chi connectivity index (χ4n) is 2.79. The molecule has 0 aliphatic heterocycles. The molecular formula is C13H22N4O. The Kier molecular flexibility index (Phi) is 3.68. The van der Waals surface area contributed by atoms with Gasteiger partial charge in [-0.2, -0.15) is 5.10 Å². The molecule has 0 bridgehead atoms. The first-order valence-corrected chi connectivity index (χ1v) is 6.66. The van der Waals surface area contributed by atoms with Crippen LogP contribution in [0.4, 0.5) is 0 Å². The molecule has 2 rings (SSSR count). The molecule has 1 aliphatic carbocycles. The maximum Gasteiger partial charge on any atom is 0.224 e. The standard InChI is InChI=1S/C13H22N4O/c1-9(11-14-8-15-17-11)16-12(18)10-6-4-5-7-13(10,2)3/h8-10H,4-7H2,1-3H3,(H,16,18)(H,14,15,17). The molecule has 1 aromatic heterocycles. The molecule has 5 nitrogen and oxygen atoms in total. The summed E-state index contributed by atoms with van der Waals surface area (Å²) in [4.78, 5) is 16.4. The molecule has 0 radical (unpaired) electrons. The van der Waals surface area contributed by atoms with Crippen LogP contribution >= 0.6 is 0 Å². The van der Waals surface area contributed by atoms with Gasteiger partial charge in [0.25, 0.3) is 0 Å². The van der Waals surface area contributed by atoms with Crippen molar-refractivity contribution in [1.29, 1.82) is 0 Å². The Morgan fingerprint density at radius 3 is 2.94 bits per heavy atom. The molecule has 0 saturated heterocycles. The molecule has 100 valence electrons. The van der Waals surface area contributed by atoms with Crippen molar-refractivity contribution in [3.8, 4) is 0 Å². The lowest BCUT2D eigenvalue weighted by Gasteiger charge is -2.37. The van der Waals surface area contributed by atoms with E-state index < -0.39 is 0 Å². The van der Waals surface area contributed by atoms with Gasteiger partial charge in [0.05, 0.1) is 6.04 Å². The number of carbonyl (C=O) groups is 1. The Labute approximate surface area is 108 Å². The fraction of sp³-hybridized carbons (Fsp3) is 0.769. The summed E-state index contributed by atoms with van der Waals surface area (Å²) in [7, 11) is 0. The van der Waals surface area contributed by atoms with Gasteiger partial charge in [-0.15, -0.1) is 0 Å². The minimum atomic E-state index is -0.113. The van der Waals surface area contributed by atoms with Crippen molar-refractivity contribution in [2.75, 3.05) is 0 Å². The highest BCUT2D eigenvalue weighted by atomic mass is 16.2. The predicted molar refractivity (Wildman–Crippen MR) is 68.7 cm³/mol. The molecule has 5 heteroatoms. The predicted octanol–water partition coefficient (Wildman–Crippen LogP) is 2.20. The van der Waals surface area contributed by atoms with Crippen molar-refractivity contribution in [2.24, 2.45) is 11.3 Å². The Hall–Kier alpha value is -1.39. The van der Waals surface area contributed by atoms with Crippen LogP contribution in [-0.2, 0) is 4.79 Å². The summed E-state index contributed by atoms with van der Waals surface area (Å²) in [6.45, 7) is 6.30. The van der Waals surface area contributed by atoms with Crippen molar-refractivity contribution in [2.45, 2.75) is 52.5 Å². The Morgan fingerprint density at radius 1 is 1.56 bits per heavy atom. The molecule has 1 aromatic rings. The summed E-state index contributed by atoms with van der Waals surface area (Å²) in [6.07, 6.45) is 5.96. The van der Waals surface area contributed by atoms with E-state index in [0.717, 1.165) is 19.3 Å². The Bertz CT molecular complexity index is 399. The van der Waals surface area contributed by atoms with Crippen molar-refractivity contribution in [3.05, 3.63) is 12.2 Å². The summed E-state index contributed by atoms with van der Waals surface area (Å²) in [5.41, 5.74) is 0.101. The highest BCUT2D eigenvalue weighted by Gasteiger charge is 2.37. The highest BCUT2D eigenvalue weighted by Crippen LogP contribution is 2.40. The number of nitrogens with zero attached hydrogens (tertiary/aromatic N) is 2. The topological polar surface area (TPSA) is 70.7 Å². The lowest BCUT2D eigenvalue weighted by molar-refractivity contribution is -0.130. The Morgan fingerprint density at radius 2 is 2.33 bits per heavy atom. The van der Waals surface area contributed by atoms with Crippen molar-refractivity contribution < 1.29 is 4.79 Å². The van der Waals surface area contributed by atoms with Crippen molar-refractivity contribution in [1.82, 2.24) is 20.5 Å². The van der Waals surface area contributed by atoms with Gasteiger partial charge in [0.15, 0.2) is 0 Å². The average Bonchev–Trinajstić information content (AvgIpc) is 2.81. The number of aromatic amines is 1. The molecule has 1 saturated carbocycles. The largest absolute Gasteiger partial charge is 0.346 e. The van der Waals surface area contributed by atoms with E-state index in [0.29, 0.717) is 5.82 Å². The molecular weight excluding hydrogens is 228 g/mol. The number of hydrogen-bond donors (Lipinski definition) is 2. The van der Waals surface area contributed by atoms with Gasteiger partial charge in [0.1, 0.15) is 12.2 Å². The van der Waals surface area contributed by atoms with E-state index in [4.69, 9.17) is 0 Å². The first-order chi connectivity index (χ1) is 8.50. The minimum Gasteiger partial charge on any atom is -0.346 e. The first-order valence-electron chi connectivity index (χ1n) is 6.66. The van der Waals surface area contributed by atoms with Gasteiger partial charge >= 0.3 is 0 Å². The highest BCUT2D eigenvalue weighted by molar-refractivity contribution is 5.79. The summed E-state index contributed by atoms with van der Waals surface area (Å²) < 4.78 is 0. The zero-order chi connectivity index (χ0) is 13.2. The molecule has 1 amide bonds. The van der Waals surface area contributed by atoms with Gasteiger partial charge in [-0.1, -0.05) is 26.7 Å². The molecule has 0 spiro atoms. The maximum absolute atomic E-state index is 12.3. The third-order valence-electron chi connectivity index (χ3n) is 4.03. The quantitative estimate of drug-likeness (QED) is 0.864. The van der Waals surface area contributed by atoms with Crippen LogP contribution in [0.3, 0.4) is 0 Å². The average molecular weight is 250 g/mol. The van der Waals surface area contributed by atoms with Gasteiger partial charge in [-0.25, -0.2) is 4.98 Å². The van der Waals surface area contributed by atoms with E-state index >= 15 is 0 Å². The third kappa shape index (κ3) is 2.71. The second-order valence-corrected chi connectivity index (χ2v) is 5.89. The molecule has 2 unspecified atom stereocenters. The second-order valence-electron chi connectivity index (χ2n) is 5.89. The number of amides is 1. The second kappa shape index (κ2) is 5.08. The molecule has 2 atom stereocenters. The van der Waals surface area contributed by atoms with Gasteiger partial charge in [0.2, 0.25) is 5.91 Å². The lowest BCUT2D eigenvalue weighted by atomic mass is 9.68. The summed E-state index contributed by atoms with van der Waals surface area (Å²) >= 11 is 0. The van der Waals surface area contributed by atoms with Crippen LogP contribution in [0.15, 0.2) is 6.33 Å². The van der Waals surface area contributed by atoms with Gasteiger partial charge in [0, 0.05) is 5.92 Å². The number of rotatable bonds is 3. The van der Waals surface area contributed by atoms with Crippen LogP contribution in [0.2, 0.25) is 0 Å². The molecule has 1 fully saturated rings. The van der Waals surface area contributed by atoms with Crippen LogP contribution in [0.5, 0.6) is 0 Å². The number of H-pyrrole nitrogens is 1. The number of hydrogen-bond acceptors (Lipinski definition) is 3. The zero-order valence-corrected chi connectivity index (χ0v) is 11.4. The summed E-state index contributed by atoms with van der Waals surface area (Å²) in [6, 6.07) is -0.113. The van der Waals surface area contributed by atoms with E-state index in [1.165, 1.54) is 12.7 Å². The SMILES string of the molecule is CC(NC(=O)C1CCCCC1(C)C)c1ncn[nH]1. The lowest BCUT2D eigenvalue weighted by Crippen LogP contribution is -2.42. The van der Waals surface area contributed by atoms with Gasteiger partial charge < -0.3 is 5.32 Å². The molecule has 1 aliphatic rings. The van der Waals surface area contributed by atoms with Crippen LogP contribution in [0.1, 0.15) is 58.3 Å². The molecule has 1 heterocycles. The van der Waals surface area contributed by atoms with E-state index in [2.05, 4.69) is 34.3 Å². The first kappa shape index (κ1) is 13.1. The number of carbonyl (C=O) groups excluding carboxylic acids is 1. The summed E-state index contributed by atoms with van der Waals surface area (Å²) in [5, 5.41) is 9.63. The van der Waals surface area contributed by atoms with E-state index in [9.17, 15) is 4.79 Å². The van der Waals surface area contributed by atoms with E-state index in [-0.39, 0.29) is 23.3 Å². The Balaban J connectivity index is 1.99. The van der Waals surface area contributed by atoms with Crippen LogP contribution in [0, 0.1) is 11.3 Å². The molecule has 2 N–H and O–H groups in total. The van der Waals surface area contributed by atoms with E-state index in [1.54, 1.807) is 0 Å². The molecule has 0 aromatic carbocycles. The van der Waals surface area contributed by atoms with Crippen LogP contribution < -0.4 is 5.32 Å². The van der Waals surface area contributed by atoms with Gasteiger partial charge in [-0.05, 0) is 25.2 Å². The normalized spacial score (nSPS) is 24.5. The smallest absolute Gasteiger partial charge is 0.224 e. The van der Waals surface area contributed by atoms with Crippen molar-refractivity contribution in [3.63, 3.8) is 0 Å². The van der Waals surface area contributed by atoms with Gasteiger partial charge in [-0.3, -0.25) is 9.89 Å². The third-order valence-corrected chi connectivity index (χ3v) is 4.03. The number of aromatic nitrogens is 3. The van der Waals surface area contributed by atoms with E-state index in [1.807, 2.05) is 6.92 Å². The monoisotopic (exact) mass is 250 g/mol. The fourth-order valence-corrected chi connectivity index (χ4v) is 2.79.